The highest BCUT2D eigenvalue weighted by Crippen LogP contribution is 2.32. The van der Waals surface area contributed by atoms with E-state index in [9.17, 15) is 4.79 Å². The van der Waals surface area contributed by atoms with Gasteiger partial charge in [0.1, 0.15) is 5.82 Å². The molecule has 0 spiro atoms. The largest absolute Gasteiger partial charge is 0.365 e. The highest BCUT2D eigenvalue weighted by molar-refractivity contribution is 6.01. The Kier molecular flexibility index (Phi) is 5.99. The number of benzene rings is 1. The van der Waals surface area contributed by atoms with Gasteiger partial charge in [0.25, 0.3) is 5.91 Å². The van der Waals surface area contributed by atoms with Gasteiger partial charge in [-0.25, -0.2) is 9.37 Å². The SMILES string of the molecule is CNC1CCCCC1N(C)c1nc(Nc2cccc3ccncc23)c(C(N)=O)cc1F. The molecule has 2 unspecified atom stereocenters. The Hall–Kier alpha value is -3.26. The maximum atomic E-state index is 15.0. The number of rotatable bonds is 6. The lowest BCUT2D eigenvalue weighted by molar-refractivity contribution is 0.100. The lowest BCUT2D eigenvalue weighted by Gasteiger charge is -2.38. The van der Waals surface area contributed by atoms with Crippen molar-refractivity contribution in [3.63, 3.8) is 0 Å². The summed E-state index contributed by atoms with van der Waals surface area (Å²) in [4.78, 5) is 22.6. The Balaban J connectivity index is 1.75. The lowest BCUT2D eigenvalue weighted by Crippen LogP contribution is -2.50. The van der Waals surface area contributed by atoms with Crippen LogP contribution in [0.15, 0.2) is 42.7 Å². The molecule has 7 nitrogen and oxygen atoms in total. The fourth-order valence-corrected chi connectivity index (χ4v) is 4.43. The van der Waals surface area contributed by atoms with Crippen LogP contribution in [-0.2, 0) is 0 Å². The van der Waals surface area contributed by atoms with E-state index in [2.05, 4.69) is 20.6 Å². The van der Waals surface area contributed by atoms with Gasteiger partial charge in [0, 0.05) is 42.6 Å². The van der Waals surface area contributed by atoms with Crippen molar-refractivity contribution in [1.82, 2.24) is 15.3 Å². The average Bonchev–Trinajstić information content (AvgIpc) is 2.79. The molecule has 0 radical (unpaired) electrons. The molecule has 1 saturated carbocycles. The van der Waals surface area contributed by atoms with Crippen LogP contribution in [-0.4, -0.2) is 42.1 Å². The van der Waals surface area contributed by atoms with Crippen LogP contribution >= 0.6 is 0 Å². The Morgan fingerprint density at radius 2 is 2.06 bits per heavy atom. The fraction of sp³-hybridized carbons (Fsp3) is 0.348. The van der Waals surface area contributed by atoms with Crippen molar-refractivity contribution >= 4 is 34.0 Å². The van der Waals surface area contributed by atoms with Crippen LogP contribution in [0.1, 0.15) is 36.0 Å². The second-order valence-electron chi connectivity index (χ2n) is 7.94. The van der Waals surface area contributed by atoms with E-state index in [0.717, 1.165) is 36.5 Å². The third-order valence-corrected chi connectivity index (χ3v) is 6.09. The fourth-order valence-electron chi connectivity index (χ4n) is 4.43. The van der Waals surface area contributed by atoms with Crippen molar-refractivity contribution in [2.75, 3.05) is 24.3 Å². The van der Waals surface area contributed by atoms with E-state index in [-0.39, 0.29) is 29.3 Å². The first-order chi connectivity index (χ1) is 15.0. The number of nitrogens with one attached hydrogen (secondary N) is 2. The summed E-state index contributed by atoms with van der Waals surface area (Å²) in [5, 5.41) is 8.38. The standard InChI is InChI=1S/C23H27FN6O/c1-26-19-7-3-4-9-20(19)30(2)23-17(24)12-15(21(25)31)22(29-23)28-18-8-5-6-14-10-11-27-13-16(14)18/h5-6,8,10-13,19-20,26H,3-4,7,9H2,1-2H3,(H2,25,31)(H,28,29). The number of primary amides is 1. The van der Waals surface area contributed by atoms with Gasteiger partial charge >= 0.3 is 0 Å². The number of likely N-dealkylation sites (N-methyl/N-ethyl adjacent to an activating group) is 2. The predicted molar refractivity (Wildman–Crippen MR) is 121 cm³/mol. The van der Waals surface area contributed by atoms with Crippen molar-refractivity contribution in [1.29, 1.82) is 0 Å². The minimum atomic E-state index is -0.743. The van der Waals surface area contributed by atoms with Crippen LogP contribution < -0.4 is 21.3 Å². The normalized spacial score (nSPS) is 18.7. The number of hydrogen-bond acceptors (Lipinski definition) is 6. The predicted octanol–water partition coefficient (Wildman–Crippen LogP) is 3.58. The zero-order valence-corrected chi connectivity index (χ0v) is 17.7. The first-order valence-electron chi connectivity index (χ1n) is 10.5. The number of halogens is 1. The topological polar surface area (TPSA) is 96.2 Å². The molecule has 2 aromatic heterocycles. The number of nitrogens with two attached hydrogens (primary N) is 1. The molecule has 1 aliphatic carbocycles. The molecule has 1 aliphatic rings. The number of carbonyl (C=O) groups excluding carboxylic acids is 1. The Morgan fingerprint density at radius 1 is 1.26 bits per heavy atom. The third kappa shape index (κ3) is 4.16. The van der Waals surface area contributed by atoms with Crippen LogP contribution in [0.4, 0.5) is 21.7 Å². The number of hydrogen-bond donors (Lipinski definition) is 3. The van der Waals surface area contributed by atoms with Gasteiger partial charge in [-0.05, 0) is 43.5 Å². The Morgan fingerprint density at radius 3 is 2.84 bits per heavy atom. The van der Waals surface area contributed by atoms with Gasteiger partial charge in [0.2, 0.25) is 0 Å². The van der Waals surface area contributed by atoms with Gasteiger partial charge in [-0.2, -0.15) is 0 Å². The molecule has 162 valence electrons. The maximum Gasteiger partial charge on any atom is 0.252 e. The molecule has 1 amide bonds. The van der Waals surface area contributed by atoms with Crippen LogP contribution in [0.3, 0.4) is 0 Å². The van der Waals surface area contributed by atoms with Crippen LogP contribution in [0.2, 0.25) is 0 Å². The van der Waals surface area contributed by atoms with E-state index in [1.165, 1.54) is 6.07 Å². The molecular formula is C23H27FN6O. The van der Waals surface area contributed by atoms with Gasteiger partial charge < -0.3 is 21.3 Å². The molecule has 1 fully saturated rings. The van der Waals surface area contributed by atoms with Gasteiger partial charge in [-0.3, -0.25) is 9.78 Å². The molecule has 4 rings (SSSR count). The number of pyridine rings is 2. The molecule has 8 heteroatoms. The molecular weight excluding hydrogens is 395 g/mol. The lowest BCUT2D eigenvalue weighted by atomic mass is 9.89. The number of amides is 1. The number of fused-ring (bicyclic) bond motifs is 1. The summed E-state index contributed by atoms with van der Waals surface area (Å²) in [6.45, 7) is 0. The molecule has 1 aromatic carbocycles. The van der Waals surface area contributed by atoms with E-state index in [0.29, 0.717) is 5.69 Å². The van der Waals surface area contributed by atoms with Crippen molar-refractivity contribution < 1.29 is 9.18 Å². The van der Waals surface area contributed by atoms with Gasteiger partial charge in [-0.1, -0.05) is 25.0 Å². The second-order valence-corrected chi connectivity index (χ2v) is 7.94. The van der Waals surface area contributed by atoms with Crippen molar-refractivity contribution in [3.8, 4) is 0 Å². The smallest absolute Gasteiger partial charge is 0.252 e. The van der Waals surface area contributed by atoms with Crippen LogP contribution in [0.25, 0.3) is 10.8 Å². The van der Waals surface area contributed by atoms with Gasteiger partial charge in [0.15, 0.2) is 11.6 Å². The van der Waals surface area contributed by atoms with E-state index in [1.807, 2.05) is 43.3 Å². The Bertz CT molecular complexity index is 1100. The molecule has 0 bridgehead atoms. The number of nitrogens with zero attached hydrogens (tertiary/aromatic N) is 3. The van der Waals surface area contributed by atoms with E-state index in [1.54, 1.807) is 12.4 Å². The molecule has 0 aliphatic heterocycles. The summed E-state index contributed by atoms with van der Waals surface area (Å²) in [5.74, 6) is -0.893. The summed E-state index contributed by atoms with van der Waals surface area (Å²) < 4.78 is 15.0. The summed E-state index contributed by atoms with van der Waals surface area (Å²) in [6, 6.07) is 9.14. The minimum Gasteiger partial charge on any atom is -0.365 e. The monoisotopic (exact) mass is 422 g/mol. The molecule has 0 saturated heterocycles. The van der Waals surface area contributed by atoms with Crippen molar-refractivity contribution in [2.24, 2.45) is 5.73 Å². The van der Waals surface area contributed by atoms with E-state index in [4.69, 9.17) is 5.73 Å². The minimum absolute atomic E-state index is 0.00403. The zero-order chi connectivity index (χ0) is 22.0. The van der Waals surface area contributed by atoms with Crippen LogP contribution in [0, 0.1) is 5.82 Å². The summed E-state index contributed by atoms with van der Waals surface area (Å²) in [5.41, 5.74) is 6.26. The summed E-state index contributed by atoms with van der Waals surface area (Å²) in [6.07, 6.45) is 7.65. The number of anilines is 3. The molecule has 3 aromatic rings. The first kappa shape index (κ1) is 21.0. The molecule has 31 heavy (non-hydrogen) atoms. The number of aromatic nitrogens is 2. The first-order valence-corrected chi connectivity index (χ1v) is 10.5. The third-order valence-electron chi connectivity index (χ3n) is 6.09. The molecule has 2 heterocycles. The van der Waals surface area contributed by atoms with Crippen molar-refractivity contribution in [2.45, 2.75) is 37.8 Å². The Labute approximate surface area is 180 Å². The molecule has 4 N–H and O–H groups in total. The molecule has 2 atom stereocenters. The highest BCUT2D eigenvalue weighted by Gasteiger charge is 2.30. The van der Waals surface area contributed by atoms with E-state index >= 15 is 4.39 Å². The number of carbonyl (C=O) groups is 1. The van der Waals surface area contributed by atoms with Gasteiger partial charge in [-0.15, -0.1) is 0 Å². The zero-order valence-electron chi connectivity index (χ0n) is 17.7. The van der Waals surface area contributed by atoms with Crippen LogP contribution in [0.5, 0.6) is 0 Å². The second kappa shape index (κ2) is 8.85. The summed E-state index contributed by atoms with van der Waals surface area (Å²) >= 11 is 0. The van der Waals surface area contributed by atoms with E-state index < -0.39 is 11.7 Å². The summed E-state index contributed by atoms with van der Waals surface area (Å²) in [7, 11) is 3.78. The maximum absolute atomic E-state index is 15.0. The van der Waals surface area contributed by atoms with Crippen molar-refractivity contribution in [3.05, 3.63) is 54.1 Å². The highest BCUT2D eigenvalue weighted by atomic mass is 19.1. The quantitative estimate of drug-likeness (QED) is 0.562. The van der Waals surface area contributed by atoms with Gasteiger partial charge in [0.05, 0.1) is 5.56 Å². The average molecular weight is 423 g/mol.